The van der Waals surface area contributed by atoms with E-state index in [2.05, 4.69) is 5.32 Å². The van der Waals surface area contributed by atoms with E-state index < -0.39 is 22.3 Å². The maximum absolute atomic E-state index is 14.1. The molecule has 0 aromatic rings. The number of urea groups is 2. The Morgan fingerprint density at radius 3 is 2.45 bits per heavy atom. The lowest BCUT2D eigenvalue weighted by atomic mass is 9.95. The summed E-state index contributed by atoms with van der Waals surface area (Å²) in [6.45, 7) is 2.01. The van der Waals surface area contributed by atoms with E-state index in [0.717, 1.165) is 19.3 Å². The minimum Gasteiger partial charge on any atom is -0.337 e. The second-order valence-corrected chi connectivity index (χ2v) is 7.04. The van der Waals surface area contributed by atoms with Crippen molar-refractivity contribution in [3.63, 3.8) is 0 Å². The van der Waals surface area contributed by atoms with Crippen LogP contribution in [-0.2, 0) is 0 Å². The molecule has 0 aliphatic heterocycles. The topological polar surface area (TPSA) is 52.7 Å². The van der Waals surface area contributed by atoms with Gasteiger partial charge < -0.3 is 5.32 Å². The van der Waals surface area contributed by atoms with Crippen molar-refractivity contribution in [3.8, 4) is 0 Å². The van der Waals surface area contributed by atoms with Gasteiger partial charge in [-0.2, -0.15) is 9.43 Å². The van der Waals surface area contributed by atoms with Crippen molar-refractivity contribution in [2.45, 2.75) is 49.2 Å². The quantitative estimate of drug-likeness (QED) is 0.474. The first-order chi connectivity index (χ1) is 9.47. The highest BCUT2D eigenvalue weighted by molar-refractivity contribution is 8.01. The highest BCUT2D eigenvalue weighted by Crippen LogP contribution is 2.29. The van der Waals surface area contributed by atoms with Gasteiger partial charge in [0, 0.05) is 18.5 Å². The van der Waals surface area contributed by atoms with Crippen LogP contribution in [-0.4, -0.2) is 38.2 Å². The maximum atomic E-state index is 14.1. The predicted molar refractivity (Wildman–Crippen MR) is 79.2 cm³/mol. The summed E-state index contributed by atoms with van der Waals surface area (Å²) < 4.78 is 13.7. The second-order valence-electron chi connectivity index (χ2n) is 4.38. The number of nitrogens with one attached hydrogen (secondary N) is 1. The number of hydrogen-bond donors (Lipinski definition) is 1. The summed E-state index contributed by atoms with van der Waals surface area (Å²) >= 11 is 11.7. The highest BCUT2D eigenvalue weighted by atomic mass is 35.5. The number of nitrogens with zero attached hydrogens (tertiary/aromatic N) is 2. The number of carbonyl (C=O) groups excluding carboxylic acids is 2. The summed E-state index contributed by atoms with van der Waals surface area (Å²) in [5, 5.41) is 2.55. The van der Waals surface area contributed by atoms with E-state index in [1.165, 1.54) is 0 Å². The molecule has 1 saturated carbocycles. The normalized spacial score (nSPS) is 16.1. The molecule has 0 aromatic heterocycles. The van der Waals surface area contributed by atoms with Gasteiger partial charge in [0.05, 0.1) is 6.04 Å². The third-order valence-electron chi connectivity index (χ3n) is 2.95. The zero-order chi connectivity index (χ0) is 15.1. The Kier molecular flexibility index (Phi) is 7.76. The van der Waals surface area contributed by atoms with Gasteiger partial charge >= 0.3 is 12.1 Å². The standard InChI is InChI=1S/C11H18Cl2FN3O2S/c1-2-15-10(18)17(20-9(12)13)11(19)16(14)8-6-4-3-5-7-8/h8-9H,2-7H2,1H3,(H,15,18). The van der Waals surface area contributed by atoms with Crippen molar-refractivity contribution in [3.05, 3.63) is 0 Å². The molecule has 1 rings (SSSR count). The van der Waals surface area contributed by atoms with Gasteiger partial charge in [0.25, 0.3) is 0 Å². The smallest absolute Gasteiger partial charge is 0.337 e. The average molecular weight is 346 g/mol. The molecule has 20 heavy (non-hydrogen) atoms. The van der Waals surface area contributed by atoms with Crippen LogP contribution in [0.5, 0.6) is 0 Å². The lowest BCUT2D eigenvalue weighted by Crippen LogP contribution is -2.47. The van der Waals surface area contributed by atoms with Crippen molar-refractivity contribution in [2.24, 2.45) is 0 Å². The van der Waals surface area contributed by atoms with Gasteiger partial charge in [-0.1, -0.05) is 46.9 Å². The molecule has 0 unspecified atom stereocenters. The van der Waals surface area contributed by atoms with Crippen LogP contribution in [0.15, 0.2) is 0 Å². The van der Waals surface area contributed by atoms with Crippen LogP contribution < -0.4 is 5.32 Å². The van der Waals surface area contributed by atoms with E-state index in [1.807, 2.05) is 0 Å². The van der Waals surface area contributed by atoms with E-state index in [0.29, 0.717) is 35.6 Å². The summed E-state index contributed by atoms with van der Waals surface area (Å²) in [7, 11) is 0. The molecule has 0 atom stereocenters. The van der Waals surface area contributed by atoms with Crippen LogP contribution in [0.1, 0.15) is 39.0 Å². The summed E-state index contributed by atoms with van der Waals surface area (Å²) in [5.41, 5.74) is 0. The van der Waals surface area contributed by atoms with E-state index >= 15 is 0 Å². The first-order valence-corrected chi connectivity index (χ1v) is 8.20. The van der Waals surface area contributed by atoms with E-state index in [4.69, 9.17) is 23.2 Å². The van der Waals surface area contributed by atoms with Crippen LogP contribution in [0.2, 0.25) is 0 Å². The molecule has 1 fully saturated rings. The lowest BCUT2D eigenvalue weighted by molar-refractivity contribution is 0.00425. The van der Waals surface area contributed by atoms with Crippen LogP contribution in [0.3, 0.4) is 0 Å². The maximum Gasteiger partial charge on any atom is 0.366 e. The number of alkyl halides is 2. The summed E-state index contributed by atoms with van der Waals surface area (Å²) in [6.07, 6.45) is 3.99. The van der Waals surface area contributed by atoms with Gasteiger partial charge in [0.1, 0.15) is 0 Å². The zero-order valence-electron chi connectivity index (χ0n) is 11.2. The van der Waals surface area contributed by atoms with Crippen LogP contribution in [0.25, 0.3) is 0 Å². The molecular formula is C11H18Cl2FN3O2S. The van der Waals surface area contributed by atoms with E-state index in [-0.39, 0.29) is 5.12 Å². The number of rotatable bonds is 4. The van der Waals surface area contributed by atoms with Gasteiger partial charge in [-0.15, -0.1) is 0 Å². The van der Waals surface area contributed by atoms with Crippen molar-refractivity contribution in [1.82, 2.24) is 14.7 Å². The first kappa shape index (κ1) is 17.7. The number of carbonyl (C=O) groups is 2. The molecule has 9 heteroatoms. The van der Waals surface area contributed by atoms with Gasteiger partial charge in [0.2, 0.25) is 0 Å². The van der Waals surface area contributed by atoms with E-state index in [9.17, 15) is 14.1 Å². The molecule has 0 heterocycles. The zero-order valence-corrected chi connectivity index (χ0v) is 13.5. The van der Waals surface area contributed by atoms with Crippen LogP contribution >= 0.6 is 35.1 Å². The Labute approximate surface area is 132 Å². The molecule has 0 saturated heterocycles. The minimum atomic E-state index is -1.04. The highest BCUT2D eigenvalue weighted by Gasteiger charge is 2.34. The van der Waals surface area contributed by atoms with Crippen LogP contribution in [0, 0.1) is 0 Å². The molecule has 1 N–H and O–H groups in total. The SMILES string of the molecule is CCNC(=O)N(SC(Cl)Cl)C(=O)N(F)C1CCCCC1. The van der Waals surface area contributed by atoms with Crippen molar-refractivity contribution >= 4 is 47.2 Å². The summed E-state index contributed by atoms with van der Waals surface area (Å²) in [6, 6.07) is -2.26. The molecule has 0 aromatic carbocycles. The Hall–Kier alpha value is -0.400. The van der Waals surface area contributed by atoms with Crippen molar-refractivity contribution < 1.29 is 14.1 Å². The van der Waals surface area contributed by atoms with Gasteiger partial charge in [0.15, 0.2) is 4.17 Å². The summed E-state index contributed by atoms with van der Waals surface area (Å²) in [5.74, 6) is 0. The van der Waals surface area contributed by atoms with Crippen molar-refractivity contribution in [1.29, 1.82) is 0 Å². The van der Waals surface area contributed by atoms with Gasteiger partial charge in [-0.05, 0) is 19.8 Å². The Balaban J connectivity index is 2.72. The third-order valence-corrected chi connectivity index (χ3v) is 4.12. The molecule has 0 bridgehead atoms. The molecule has 116 valence electrons. The number of halogens is 3. The van der Waals surface area contributed by atoms with Gasteiger partial charge in [-0.3, -0.25) is 0 Å². The molecule has 0 radical (unpaired) electrons. The van der Waals surface area contributed by atoms with Crippen LogP contribution in [0.4, 0.5) is 14.1 Å². The minimum absolute atomic E-state index is 0.123. The fraction of sp³-hybridized carbons (Fsp3) is 0.818. The largest absolute Gasteiger partial charge is 0.366 e. The predicted octanol–water partition coefficient (Wildman–Crippen LogP) is 4.07. The fourth-order valence-corrected chi connectivity index (χ4v) is 3.00. The molecule has 0 spiro atoms. The lowest BCUT2D eigenvalue weighted by Gasteiger charge is -2.30. The second kappa shape index (κ2) is 8.79. The number of hydrogen-bond acceptors (Lipinski definition) is 3. The Morgan fingerprint density at radius 2 is 1.95 bits per heavy atom. The summed E-state index contributed by atoms with van der Waals surface area (Å²) in [4.78, 5) is 23.8. The molecule has 1 aliphatic carbocycles. The monoisotopic (exact) mass is 345 g/mol. The number of imide groups is 1. The average Bonchev–Trinajstić information content (AvgIpc) is 2.44. The van der Waals surface area contributed by atoms with Crippen molar-refractivity contribution in [2.75, 3.05) is 6.54 Å². The first-order valence-electron chi connectivity index (χ1n) is 6.49. The van der Waals surface area contributed by atoms with E-state index in [1.54, 1.807) is 6.92 Å². The Morgan fingerprint density at radius 1 is 1.35 bits per heavy atom. The molecule has 4 amide bonds. The molecule has 1 aliphatic rings. The Bertz CT molecular complexity index is 344. The number of amides is 4. The molecule has 5 nitrogen and oxygen atoms in total. The third kappa shape index (κ3) is 5.18. The molecular weight excluding hydrogens is 328 g/mol. The van der Waals surface area contributed by atoms with Gasteiger partial charge in [-0.25, -0.2) is 9.59 Å². The fourth-order valence-electron chi connectivity index (χ4n) is 2.03.